The third-order valence-electron chi connectivity index (χ3n) is 3.45. The Morgan fingerprint density at radius 2 is 1.95 bits per heavy atom. The van der Waals surface area contributed by atoms with E-state index < -0.39 is 0 Å². The number of hydrogen-bond acceptors (Lipinski definition) is 2. The Kier molecular flexibility index (Phi) is 5.21. The highest BCUT2D eigenvalue weighted by Crippen LogP contribution is 2.35. The number of hydrogen-bond donors (Lipinski definition) is 1. The number of methoxy groups -OCH3 is 1. The quantitative estimate of drug-likeness (QED) is 0.854. The molecular formula is C17H19ClFNO. The predicted octanol–water partition coefficient (Wildman–Crippen LogP) is 4.83. The molecule has 0 aliphatic heterocycles. The summed E-state index contributed by atoms with van der Waals surface area (Å²) in [7, 11) is 1.57. The topological polar surface area (TPSA) is 21.3 Å². The van der Waals surface area contributed by atoms with Gasteiger partial charge in [-0.15, -0.1) is 0 Å². The molecule has 2 rings (SSSR count). The van der Waals surface area contributed by atoms with Crippen LogP contribution in [0, 0.1) is 5.82 Å². The van der Waals surface area contributed by atoms with Crippen LogP contribution in [0.15, 0.2) is 36.4 Å². The zero-order valence-corrected chi connectivity index (χ0v) is 13.2. The monoisotopic (exact) mass is 307 g/mol. The minimum Gasteiger partial charge on any atom is -0.496 e. The third-order valence-corrected chi connectivity index (χ3v) is 3.69. The average molecular weight is 308 g/mol. The summed E-state index contributed by atoms with van der Waals surface area (Å²) in [6.45, 7) is 4.95. The fourth-order valence-corrected chi connectivity index (χ4v) is 2.51. The van der Waals surface area contributed by atoms with E-state index in [9.17, 15) is 4.39 Å². The molecule has 0 heterocycles. The molecule has 112 valence electrons. The molecule has 0 amide bonds. The van der Waals surface area contributed by atoms with E-state index in [1.807, 2.05) is 13.0 Å². The van der Waals surface area contributed by atoms with Crippen LogP contribution in [0.4, 0.5) is 4.39 Å². The SMILES string of the molecule is CCNC(C)c1ccc(F)c(-c2cc(Cl)ccc2OC)c1. The van der Waals surface area contributed by atoms with Gasteiger partial charge in [-0.1, -0.05) is 24.6 Å². The van der Waals surface area contributed by atoms with Gasteiger partial charge in [0.05, 0.1) is 7.11 Å². The van der Waals surface area contributed by atoms with Crippen LogP contribution < -0.4 is 10.1 Å². The molecular weight excluding hydrogens is 289 g/mol. The molecule has 2 nitrogen and oxygen atoms in total. The maximum atomic E-state index is 14.2. The van der Waals surface area contributed by atoms with Gasteiger partial charge in [0.25, 0.3) is 0 Å². The highest BCUT2D eigenvalue weighted by atomic mass is 35.5. The molecule has 0 fully saturated rings. The summed E-state index contributed by atoms with van der Waals surface area (Å²) in [5, 5.41) is 3.87. The molecule has 21 heavy (non-hydrogen) atoms. The molecule has 0 saturated carbocycles. The smallest absolute Gasteiger partial charge is 0.131 e. The lowest BCUT2D eigenvalue weighted by Gasteiger charge is -2.16. The van der Waals surface area contributed by atoms with Crippen LogP contribution in [-0.2, 0) is 0 Å². The van der Waals surface area contributed by atoms with Crippen molar-refractivity contribution < 1.29 is 9.13 Å². The van der Waals surface area contributed by atoms with Crippen LogP contribution in [0.2, 0.25) is 5.02 Å². The zero-order chi connectivity index (χ0) is 15.4. The van der Waals surface area contributed by atoms with E-state index in [2.05, 4.69) is 12.2 Å². The molecule has 2 aromatic rings. The van der Waals surface area contributed by atoms with Crippen molar-refractivity contribution in [3.8, 4) is 16.9 Å². The zero-order valence-electron chi connectivity index (χ0n) is 12.4. The molecule has 0 radical (unpaired) electrons. The molecule has 0 saturated heterocycles. The van der Waals surface area contributed by atoms with Crippen molar-refractivity contribution in [2.75, 3.05) is 13.7 Å². The van der Waals surface area contributed by atoms with Crippen molar-refractivity contribution in [3.05, 3.63) is 52.8 Å². The molecule has 0 spiro atoms. The van der Waals surface area contributed by atoms with Crippen LogP contribution in [0.25, 0.3) is 11.1 Å². The number of benzene rings is 2. The molecule has 1 unspecified atom stereocenters. The Morgan fingerprint density at radius 1 is 1.19 bits per heavy atom. The van der Waals surface area contributed by atoms with E-state index in [0.717, 1.165) is 12.1 Å². The Morgan fingerprint density at radius 3 is 2.62 bits per heavy atom. The Labute approximate surface area is 129 Å². The van der Waals surface area contributed by atoms with Gasteiger partial charge in [0, 0.05) is 22.2 Å². The number of nitrogens with one attached hydrogen (secondary N) is 1. The summed E-state index contributed by atoms with van der Waals surface area (Å²) in [5.74, 6) is 0.314. The molecule has 2 aromatic carbocycles. The summed E-state index contributed by atoms with van der Waals surface area (Å²) in [6, 6.07) is 10.5. The predicted molar refractivity (Wildman–Crippen MR) is 85.5 cm³/mol. The third kappa shape index (κ3) is 3.55. The van der Waals surface area contributed by atoms with E-state index in [1.54, 1.807) is 31.4 Å². The van der Waals surface area contributed by atoms with E-state index in [1.165, 1.54) is 6.07 Å². The lowest BCUT2D eigenvalue weighted by Crippen LogP contribution is -2.17. The molecule has 0 bridgehead atoms. The van der Waals surface area contributed by atoms with Crippen molar-refractivity contribution >= 4 is 11.6 Å². The second-order valence-electron chi connectivity index (χ2n) is 4.86. The van der Waals surface area contributed by atoms with Crippen LogP contribution in [0.1, 0.15) is 25.5 Å². The number of rotatable bonds is 5. The lowest BCUT2D eigenvalue weighted by molar-refractivity contribution is 0.416. The van der Waals surface area contributed by atoms with Crippen molar-refractivity contribution in [1.82, 2.24) is 5.32 Å². The Bertz CT molecular complexity index is 630. The van der Waals surface area contributed by atoms with E-state index in [-0.39, 0.29) is 11.9 Å². The normalized spacial score (nSPS) is 12.2. The van der Waals surface area contributed by atoms with Gasteiger partial charge >= 0.3 is 0 Å². The average Bonchev–Trinajstić information content (AvgIpc) is 2.48. The van der Waals surface area contributed by atoms with Gasteiger partial charge < -0.3 is 10.1 Å². The largest absolute Gasteiger partial charge is 0.496 e. The van der Waals surface area contributed by atoms with Gasteiger partial charge in [-0.3, -0.25) is 0 Å². The number of ether oxygens (including phenoxy) is 1. The first-order valence-corrected chi connectivity index (χ1v) is 7.31. The highest BCUT2D eigenvalue weighted by molar-refractivity contribution is 6.31. The van der Waals surface area contributed by atoms with Crippen molar-refractivity contribution in [1.29, 1.82) is 0 Å². The van der Waals surface area contributed by atoms with Gasteiger partial charge in [0.15, 0.2) is 0 Å². The Balaban J connectivity index is 2.53. The second-order valence-corrected chi connectivity index (χ2v) is 5.30. The van der Waals surface area contributed by atoms with Gasteiger partial charge in [-0.2, -0.15) is 0 Å². The highest BCUT2D eigenvalue weighted by Gasteiger charge is 2.14. The number of halogens is 2. The van der Waals surface area contributed by atoms with E-state index >= 15 is 0 Å². The fraction of sp³-hybridized carbons (Fsp3) is 0.294. The molecule has 1 N–H and O–H groups in total. The fourth-order valence-electron chi connectivity index (χ4n) is 2.33. The minimum absolute atomic E-state index is 0.152. The maximum absolute atomic E-state index is 14.2. The van der Waals surface area contributed by atoms with Gasteiger partial charge in [-0.05, 0) is 49.4 Å². The van der Waals surface area contributed by atoms with Crippen molar-refractivity contribution in [2.24, 2.45) is 0 Å². The van der Waals surface area contributed by atoms with Crippen molar-refractivity contribution in [3.63, 3.8) is 0 Å². The minimum atomic E-state index is -0.289. The van der Waals surface area contributed by atoms with E-state index in [0.29, 0.717) is 21.9 Å². The van der Waals surface area contributed by atoms with Crippen LogP contribution in [0.3, 0.4) is 0 Å². The van der Waals surface area contributed by atoms with Gasteiger partial charge in [-0.25, -0.2) is 4.39 Å². The molecule has 4 heteroatoms. The van der Waals surface area contributed by atoms with Crippen molar-refractivity contribution in [2.45, 2.75) is 19.9 Å². The second kappa shape index (κ2) is 6.92. The van der Waals surface area contributed by atoms with Crippen LogP contribution in [-0.4, -0.2) is 13.7 Å². The molecule has 1 atom stereocenters. The summed E-state index contributed by atoms with van der Waals surface area (Å²) in [5.41, 5.74) is 2.18. The van der Waals surface area contributed by atoms with E-state index in [4.69, 9.17) is 16.3 Å². The molecule has 0 aromatic heterocycles. The Hall–Kier alpha value is -1.58. The summed E-state index contributed by atoms with van der Waals surface area (Å²) in [6.07, 6.45) is 0. The first-order chi connectivity index (χ1) is 10.1. The van der Waals surface area contributed by atoms with Crippen LogP contribution >= 0.6 is 11.6 Å². The first kappa shape index (κ1) is 15.8. The molecule has 0 aliphatic carbocycles. The maximum Gasteiger partial charge on any atom is 0.131 e. The first-order valence-electron chi connectivity index (χ1n) is 6.93. The van der Waals surface area contributed by atoms with Crippen LogP contribution in [0.5, 0.6) is 5.75 Å². The summed E-state index contributed by atoms with van der Waals surface area (Å²) >= 11 is 6.04. The lowest BCUT2D eigenvalue weighted by atomic mass is 9.98. The van der Waals surface area contributed by atoms with Gasteiger partial charge in [0.1, 0.15) is 11.6 Å². The summed E-state index contributed by atoms with van der Waals surface area (Å²) in [4.78, 5) is 0. The summed E-state index contributed by atoms with van der Waals surface area (Å²) < 4.78 is 19.6. The van der Waals surface area contributed by atoms with Gasteiger partial charge in [0.2, 0.25) is 0 Å². The standard InChI is InChI=1S/C17H19ClFNO/c1-4-20-11(2)12-5-7-16(19)14(9-12)15-10-13(18)6-8-17(15)21-3/h5-11,20H,4H2,1-3H3. The molecule has 0 aliphatic rings.